The molecule has 23 heteroatoms. The summed E-state index contributed by atoms with van der Waals surface area (Å²) in [6, 6.07) is 4.12. The number of ether oxygens (including phenoxy) is 8. The standard InChI is InChI=1S/C53H83FN6O16/c1-12-40-53(10,68)45(63)30(4)42(61)28(2)23-51(8,67)47(31(5)44(32(6)48(65)74-40)75-41-24-52(9,69-11)46(64)33(7)72-41)76-49-43(62)38(21-29(3)71-49)55-16-15-34-25-59(57-56-34)26-36-27-60(50(66)73-36)35-13-14-39(37(54)22-35)58-17-19-70-20-18-58/h13-14,22,25,28-33,36,38,40-41,43-47,49,55,62-64,67-68H,12,15-21,23-24,26-27H2,1-11H3/t28-,29-,30+,31+,32-,33+,36+,38+,40-,41+,43-,44+,45-,46+,47-,49+,51-,52-,53-/m1/s1. The first kappa shape index (κ1) is 59.7. The second-order valence-corrected chi connectivity index (χ2v) is 22.5. The van der Waals surface area contributed by atoms with Crippen LogP contribution in [-0.4, -0.2) is 195 Å². The van der Waals surface area contributed by atoms with Gasteiger partial charge in [0.25, 0.3) is 0 Å². The summed E-state index contributed by atoms with van der Waals surface area (Å²) in [7, 11) is 1.47. The largest absolute Gasteiger partial charge is 0.459 e. The fourth-order valence-electron chi connectivity index (χ4n) is 11.8. The Labute approximate surface area is 444 Å². The molecule has 22 nitrogen and oxygen atoms in total. The molecular weight excluding hydrogens is 996 g/mol. The van der Waals surface area contributed by atoms with Crippen molar-refractivity contribution in [1.82, 2.24) is 20.3 Å². The lowest BCUT2D eigenvalue weighted by molar-refractivity contribution is -0.316. The maximum absolute atomic E-state index is 15.2. The van der Waals surface area contributed by atoms with E-state index in [1.54, 1.807) is 64.6 Å². The highest BCUT2D eigenvalue weighted by atomic mass is 19.1. The summed E-state index contributed by atoms with van der Waals surface area (Å²) >= 11 is 0. The van der Waals surface area contributed by atoms with E-state index in [4.69, 9.17) is 37.9 Å². The number of nitrogens with one attached hydrogen (secondary N) is 1. The number of hydrogen-bond donors (Lipinski definition) is 6. The van der Waals surface area contributed by atoms with Crippen molar-refractivity contribution in [2.24, 2.45) is 23.7 Å². The third kappa shape index (κ3) is 13.2. The van der Waals surface area contributed by atoms with Crippen LogP contribution in [0.5, 0.6) is 0 Å². The van der Waals surface area contributed by atoms with Gasteiger partial charge >= 0.3 is 12.1 Å². The van der Waals surface area contributed by atoms with Crippen molar-refractivity contribution in [3.63, 3.8) is 0 Å². The van der Waals surface area contributed by atoms with Gasteiger partial charge < -0.3 is 73.6 Å². The van der Waals surface area contributed by atoms with Gasteiger partial charge in [0, 0.05) is 69.6 Å². The number of aromatic nitrogens is 3. The van der Waals surface area contributed by atoms with E-state index in [0.29, 0.717) is 62.8 Å². The lowest BCUT2D eigenvalue weighted by Gasteiger charge is -2.48. The van der Waals surface area contributed by atoms with Crippen molar-refractivity contribution in [3.05, 3.63) is 35.9 Å². The normalized spacial score (nSPS) is 40.4. The zero-order valence-electron chi connectivity index (χ0n) is 45.9. The van der Waals surface area contributed by atoms with Crippen LogP contribution in [0.2, 0.25) is 0 Å². The van der Waals surface area contributed by atoms with Gasteiger partial charge in [-0.1, -0.05) is 32.9 Å². The van der Waals surface area contributed by atoms with Crippen molar-refractivity contribution in [2.75, 3.05) is 56.3 Å². The quantitative estimate of drug-likeness (QED) is 0.148. The second-order valence-electron chi connectivity index (χ2n) is 22.5. The predicted molar refractivity (Wildman–Crippen MR) is 271 cm³/mol. The number of morpholine rings is 1. The van der Waals surface area contributed by atoms with Gasteiger partial charge in [0.15, 0.2) is 12.6 Å². The molecule has 428 valence electrons. The molecule has 0 unspecified atom stereocenters. The molecule has 5 fully saturated rings. The van der Waals surface area contributed by atoms with Crippen molar-refractivity contribution >= 4 is 29.2 Å². The van der Waals surface area contributed by atoms with Gasteiger partial charge in [0.05, 0.1) is 91.0 Å². The summed E-state index contributed by atoms with van der Waals surface area (Å²) in [5.74, 6) is -5.83. The lowest BCUT2D eigenvalue weighted by Crippen LogP contribution is -2.61. The van der Waals surface area contributed by atoms with E-state index in [2.05, 4.69) is 15.6 Å². The summed E-state index contributed by atoms with van der Waals surface area (Å²) in [6.45, 7) is 19.0. The molecule has 5 aliphatic heterocycles. The van der Waals surface area contributed by atoms with E-state index in [1.165, 1.54) is 38.8 Å². The van der Waals surface area contributed by atoms with Crippen LogP contribution in [0.1, 0.15) is 101 Å². The number of aliphatic hydroxyl groups is 5. The molecule has 0 aliphatic carbocycles. The minimum atomic E-state index is -2.05. The first-order chi connectivity index (χ1) is 35.8. The van der Waals surface area contributed by atoms with E-state index in [9.17, 15) is 39.9 Å². The first-order valence-electron chi connectivity index (χ1n) is 26.9. The molecule has 0 radical (unpaired) electrons. The zero-order chi connectivity index (χ0) is 55.6. The Kier molecular flexibility index (Phi) is 19.3. The fraction of sp³-hybridized carbons (Fsp3) is 0.792. The smallest absolute Gasteiger partial charge is 0.414 e. The third-order valence-corrected chi connectivity index (χ3v) is 16.4. The molecule has 5 aliphatic rings. The minimum absolute atomic E-state index is 0.0410. The average Bonchev–Trinajstić information content (AvgIpc) is 4.00. The van der Waals surface area contributed by atoms with Gasteiger partial charge in [-0.15, -0.1) is 5.10 Å². The van der Waals surface area contributed by atoms with Crippen molar-refractivity contribution in [2.45, 2.75) is 198 Å². The second kappa shape index (κ2) is 24.6. The monoisotopic (exact) mass is 1080 g/mol. The number of amides is 1. The van der Waals surface area contributed by atoms with Gasteiger partial charge in [-0.3, -0.25) is 14.5 Å². The number of ketones is 1. The van der Waals surface area contributed by atoms with Gasteiger partial charge in [-0.2, -0.15) is 0 Å². The fourth-order valence-corrected chi connectivity index (χ4v) is 11.8. The third-order valence-electron chi connectivity index (χ3n) is 16.4. The number of Topliss-reactive ketones (excluding diaryl/α,β-unsaturated/α-hetero) is 1. The molecular formula is C53H83FN6O16. The molecule has 7 rings (SSSR count). The lowest BCUT2D eigenvalue weighted by atomic mass is 9.74. The maximum Gasteiger partial charge on any atom is 0.414 e. The highest BCUT2D eigenvalue weighted by molar-refractivity contribution is 5.90. The van der Waals surface area contributed by atoms with E-state index in [1.807, 2.05) is 11.8 Å². The number of anilines is 2. The number of hydrogen-bond acceptors (Lipinski definition) is 20. The summed E-state index contributed by atoms with van der Waals surface area (Å²) in [4.78, 5) is 44.7. The number of methoxy groups -OCH3 is 1. The molecule has 1 amide bonds. The average molecular weight is 1080 g/mol. The zero-order valence-corrected chi connectivity index (χ0v) is 45.9. The molecule has 1 aromatic heterocycles. The topological polar surface area (TPSA) is 275 Å². The number of nitrogens with zero attached hydrogens (tertiary/aromatic N) is 5. The number of benzene rings is 1. The van der Waals surface area contributed by atoms with Crippen molar-refractivity contribution in [1.29, 1.82) is 0 Å². The van der Waals surface area contributed by atoms with Crippen LogP contribution in [-0.2, 0) is 60.4 Å². The van der Waals surface area contributed by atoms with Crippen LogP contribution in [0.25, 0.3) is 0 Å². The first-order valence-corrected chi connectivity index (χ1v) is 26.9. The van der Waals surface area contributed by atoms with Gasteiger partial charge in [0.2, 0.25) is 0 Å². The molecule has 76 heavy (non-hydrogen) atoms. The van der Waals surface area contributed by atoms with Crippen LogP contribution in [0.4, 0.5) is 20.6 Å². The van der Waals surface area contributed by atoms with E-state index < -0.39 is 138 Å². The predicted octanol–water partition coefficient (Wildman–Crippen LogP) is 2.65. The Morgan fingerprint density at radius 1 is 0.921 bits per heavy atom. The van der Waals surface area contributed by atoms with Gasteiger partial charge in [0.1, 0.15) is 41.6 Å². The number of halogens is 1. The summed E-state index contributed by atoms with van der Waals surface area (Å²) in [6.07, 6.45) is -10.1. The maximum atomic E-state index is 15.2. The molecule has 0 saturated carbocycles. The van der Waals surface area contributed by atoms with Gasteiger partial charge in [-0.05, 0) is 79.0 Å². The molecule has 1 aromatic carbocycles. The van der Waals surface area contributed by atoms with Crippen molar-refractivity contribution in [3.8, 4) is 0 Å². The Morgan fingerprint density at radius 3 is 2.30 bits per heavy atom. The SMILES string of the molecule is CC[C@H]1OC(=O)[C@H](C)[C@@H](O[C@H]2C[C@@](C)(OC)[C@@H](O)[C@H](C)O2)[C@H](C)[C@@H](O[C@@H]2O[C@H](C)C[C@H](NCCc3cn(C[C@H]4CN(c5ccc(N6CCOCC6)c(F)c5)C(=O)O4)nn3)[C@H]2O)[C@](C)(O)C[C@@H](C)C(=O)[C@H](C)[C@@H](O)[C@]1(C)O. The number of carbonyl (C=O) groups is 3. The summed E-state index contributed by atoms with van der Waals surface area (Å²) < 4.78 is 65.5. The molecule has 19 atom stereocenters. The van der Waals surface area contributed by atoms with Crippen LogP contribution in [0.3, 0.4) is 0 Å². The minimum Gasteiger partial charge on any atom is -0.459 e. The summed E-state index contributed by atoms with van der Waals surface area (Å²) in [5, 5.41) is 71.0. The van der Waals surface area contributed by atoms with Crippen molar-refractivity contribution < 1.29 is 82.2 Å². The van der Waals surface area contributed by atoms with E-state index >= 15 is 4.39 Å². The summed E-state index contributed by atoms with van der Waals surface area (Å²) in [5.41, 5.74) is -3.61. The number of esters is 1. The Hall–Kier alpha value is -3.98. The molecule has 0 bridgehead atoms. The molecule has 0 spiro atoms. The number of cyclic esters (lactones) is 2. The highest BCUT2D eigenvalue weighted by Gasteiger charge is 2.53. The molecule has 2 aromatic rings. The van der Waals surface area contributed by atoms with E-state index in [0.717, 1.165) is 0 Å². The van der Waals surface area contributed by atoms with E-state index in [-0.39, 0.29) is 32.4 Å². The van der Waals surface area contributed by atoms with Crippen LogP contribution in [0.15, 0.2) is 24.4 Å². The molecule has 6 N–H and O–H groups in total. The Balaban J connectivity index is 1.05. The number of carbonyl (C=O) groups excluding carboxylic acids is 3. The van der Waals surface area contributed by atoms with Crippen LogP contribution < -0.4 is 15.1 Å². The Morgan fingerprint density at radius 2 is 1.63 bits per heavy atom. The number of rotatable bonds is 14. The van der Waals surface area contributed by atoms with Crippen LogP contribution in [0, 0.1) is 29.5 Å². The molecule has 6 heterocycles. The molecule has 5 saturated heterocycles. The van der Waals surface area contributed by atoms with Gasteiger partial charge in [-0.25, -0.2) is 13.9 Å². The highest BCUT2D eigenvalue weighted by Crippen LogP contribution is 2.41. The van der Waals surface area contributed by atoms with Crippen LogP contribution >= 0.6 is 0 Å². The number of aliphatic hydroxyl groups excluding tert-OH is 3. The Bertz CT molecular complexity index is 2290.